The molecule has 0 amide bonds. The maximum absolute atomic E-state index is 5.64. The summed E-state index contributed by atoms with van der Waals surface area (Å²) in [4.78, 5) is 0. The maximum Gasteiger partial charge on any atom is 0.0346 e. The molecule has 0 aromatic heterocycles. The van der Waals surface area contributed by atoms with E-state index in [0.717, 1.165) is 5.92 Å². The molecule has 94 valence electrons. The van der Waals surface area contributed by atoms with E-state index in [0.29, 0.717) is 12.6 Å². The molecule has 1 aliphatic carbocycles. The first-order valence-corrected chi connectivity index (χ1v) is 6.81. The van der Waals surface area contributed by atoms with Crippen LogP contribution in [0.2, 0.25) is 0 Å². The molecule has 1 aromatic rings. The summed E-state index contributed by atoms with van der Waals surface area (Å²) >= 11 is 0. The zero-order valence-corrected chi connectivity index (χ0v) is 10.8. The van der Waals surface area contributed by atoms with Gasteiger partial charge in [-0.15, -0.1) is 0 Å². The van der Waals surface area contributed by atoms with E-state index in [9.17, 15) is 0 Å². The van der Waals surface area contributed by atoms with Crippen LogP contribution in [0.15, 0.2) is 24.3 Å². The Hall–Kier alpha value is -0.860. The lowest BCUT2D eigenvalue weighted by Crippen LogP contribution is -2.26. The summed E-state index contributed by atoms with van der Waals surface area (Å²) in [6.45, 7) is 0.633. The Bertz CT molecular complexity index is 325. The summed E-state index contributed by atoms with van der Waals surface area (Å²) in [5.74, 6) is 0.803. The van der Waals surface area contributed by atoms with Gasteiger partial charge in [0, 0.05) is 12.6 Å². The zero-order chi connectivity index (χ0) is 12.1. The Balaban J connectivity index is 2.10. The Morgan fingerprint density at radius 3 is 2.35 bits per heavy atom. The van der Waals surface area contributed by atoms with Crippen molar-refractivity contribution in [2.75, 3.05) is 7.05 Å². The van der Waals surface area contributed by atoms with E-state index in [4.69, 9.17) is 5.73 Å². The van der Waals surface area contributed by atoms with Crippen LogP contribution in [0, 0.1) is 5.92 Å². The van der Waals surface area contributed by atoms with Crippen molar-refractivity contribution in [2.24, 2.45) is 11.7 Å². The fourth-order valence-corrected chi connectivity index (χ4v) is 3.00. The minimum absolute atomic E-state index is 0.516. The second-order valence-electron chi connectivity index (χ2n) is 5.11. The third-order valence-corrected chi connectivity index (χ3v) is 4.01. The van der Waals surface area contributed by atoms with E-state index in [1.165, 1.54) is 43.2 Å². The molecule has 17 heavy (non-hydrogen) atoms. The van der Waals surface area contributed by atoms with E-state index < -0.39 is 0 Å². The largest absolute Gasteiger partial charge is 0.326 e. The molecular weight excluding hydrogens is 208 g/mol. The normalized spacial score (nSPS) is 19.2. The summed E-state index contributed by atoms with van der Waals surface area (Å²) in [6, 6.07) is 9.29. The quantitative estimate of drug-likeness (QED) is 0.837. The number of rotatable bonds is 4. The van der Waals surface area contributed by atoms with Crippen molar-refractivity contribution in [3.05, 3.63) is 35.4 Å². The van der Waals surface area contributed by atoms with Crippen LogP contribution in [-0.4, -0.2) is 7.05 Å². The molecular formula is C15H24N2. The summed E-state index contributed by atoms with van der Waals surface area (Å²) in [5, 5.41) is 3.49. The lowest BCUT2D eigenvalue weighted by Gasteiger charge is -2.30. The fraction of sp³-hybridized carbons (Fsp3) is 0.600. The van der Waals surface area contributed by atoms with Crippen molar-refractivity contribution in [1.82, 2.24) is 5.32 Å². The van der Waals surface area contributed by atoms with Gasteiger partial charge in [-0.2, -0.15) is 0 Å². The summed E-state index contributed by atoms with van der Waals surface area (Å²) in [6.07, 6.45) is 6.93. The number of hydrogen-bond donors (Lipinski definition) is 2. The number of nitrogens with one attached hydrogen (secondary N) is 1. The van der Waals surface area contributed by atoms with Crippen LogP contribution in [0.5, 0.6) is 0 Å². The van der Waals surface area contributed by atoms with E-state index >= 15 is 0 Å². The summed E-state index contributed by atoms with van der Waals surface area (Å²) in [5.41, 5.74) is 8.26. The van der Waals surface area contributed by atoms with E-state index in [2.05, 4.69) is 36.6 Å². The van der Waals surface area contributed by atoms with Crippen molar-refractivity contribution in [3.63, 3.8) is 0 Å². The first-order chi connectivity index (χ1) is 8.35. The molecule has 0 saturated heterocycles. The molecule has 2 nitrogen and oxygen atoms in total. The minimum atomic E-state index is 0.516. The van der Waals surface area contributed by atoms with Crippen molar-refractivity contribution in [2.45, 2.75) is 44.7 Å². The van der Waals surface area contributed by atoms with Gasteiger partial charge in [-0.3, -0.25) is 0 Å². The predicted molar refractivity (Wildman–Crippen MR) is 72.7 cm³/mol. The smallest absolute Gasteiger partial charge is 0.0346 e. The molecule has 2 rings (SSSR count). The van der Waals surface area contributed by atoms with Gasteiger partial charge in [0.2, 0.25) is 0 Å². The van der Waals surface area contributed by atoms with Crippen molar-refractivity contribution in [3.8, 4) is 0 Å². The van der Waals surface area contributed by atoms with Crippen LogP contribution in [-0.2, 0) is 6.54 Å². The molecule has 0 spiro atoms. The summed E-state index contributed by atoms with van der Waals surface area (Å²) in [7, 11) is 2.08. The summed E-state index contributed by atoms with van der Waals surface area (Å²) < 4.78 is 0. The standard InChI is InChI=1S/C15H24N2/c1-17-15(13-5-3-2-4-6-13)14-9-7-12(11-16)8-10-14/h7-10,13,15,17H,2-6,11,16H2,1H3. The molecule has 2 heteroatoms. The van der Waals surface area contributed by atoms with Gasteiger partial charge in [0.05, 0.1) is 0 Å². The van der Waals surface area contributed by atoms with Crippen molar-refractivity contribution in [1.29, 1.82) is 0 Å². The molecule has 1 saturated carbocycles. The highest BCUT2D eigenvalue weighted by molar-refractivity contribution is 5.25. The molecule has 1 unspecified atom stereocenters. The number of nitrogens with two attached hydrogens (primary N) is 1. The van der Waals surface area contributed by atoms with Crippen molar-refractivity contribution >= 4 is 0 Å². The SMILES string of the molecule is CNC(c1ccc(CN)cc1)C1CCCCC1. The zero-order valence-electron chi connectivity index (χ0n) is 10.8. The molecule has 0 bridgehead atoms. The van der Waals surface area contributed by atoms with Gasteiger partial charge in [-0.25, -0.2) is 0 Å². The average Bonchev–Trinajstić information content (AvgIpc) is 2.42. The second-order valence-corrected chi connectivity index (χ2v) is 5.11. The fourth-order valence-electron chi connectivity index (χ4n) is 3.00. The average molecular weight is 232 g/mol. The highest BCUT2D eigenvalue weighted by Gasteiger charge is 2.23. The lowest BCUT2D eigenvalue weighted by atomic mass is 9.81. The minimum Gasteiger partial charge on any atom is -0.326 e. The van der Waals surface area contributed by atoms with Crippen LogP contribution < -0.4 is 11.1 Å². The van der Waals surface area contributed by atoms with Gasteiger partial charge in [0.1, 0.15) is 0 Å². The van der Waals surface area contributed by atoms with Crippen molar-refractivity contribution < 1.29 is 0 Å². The van der Waals surface area contributed by atoms with Crippen LogP contribution in [0.25, 0.3) is 0 Å². The van der Waals surface area contributed by atoms with Crippen LogP contribution in [0.1, 0.15) is 49.3 Å². The number of benzene rings is 1. The van der Waals surface area contributed by atoms with Crippen LogP contribution in [0.4, 0.5) is 0 Å². The Morgan fingerprint density at radius 1 is 1.18 bits per heavy atom. The predicted octanol–water partition coefficient (Wildman–Crippen LogP) is 2.99. The first kappa shape index (κ1) is 12.6. The van der Waals surface area contributed by atoms with Crippen LogP contribution in [0.3, 0.4) is 0 Å². The molecule has 0 heterocycles. The lowest BCUT2D eigenvalue weighted by molar-refractivity contribution is 0.281. The molecule has 1 aliphatic rings. The second kappa shape index (κ2) is 6.18. The third-order valence-electron chi connectivity index (χ3n) is 4.01. The molecule has 3 N–H and O–H groups in total. The molecule has 0 radical (unpaired) electrons. The van der Waals surface area contributed by atoms with Gasteiger partial charge in [-0.1, -0.05) is 43.5 Å². The van der Waals surface area contributed by atoms with E-state index in [-0.39, 0.29) is 0 Å². The molecule has 1 fully saturated rings. The van der Waals surface area contributed by atoms with Gasteiger partial charge in [0.15, 0.2) is 0 Å². The molecule has 1 aromatic carbocycles. The Morgan fingerprint density at radius 2 is 1.82 bits per heavy atom. The molecule has 1 atom stereocenters. The van der Waals surface area contributed by atoms with Gasteiger partial charge < -0.3 is 11.1 Å². The van der Waals surface area contributed by atoms with Gasteiger partial charge in [-0.05, 0) is 36.9 Å². The monoisotopic (exact) mass is 232 g/mol. The highest BCUT2D eigenvalue weighted by Crippen LogP contribution is 2.34. The van der Waals surface area contributed by atoms with Crippen LogP contribution >= 0.6 is 0 Å². The highest BCUT2D eigenvalue weighted by atomic mass is 14.9. The van der Waals surface area contributed by atoms with Gasteiger partial charge in [0.25, 0.3) is 0 Å². The van der Waals surface area contributed by atoms with E-state index in [1.807, 2.05) is 0 Å². The Labute approximate surface area is 105 Å². The topological polar surface area (TPSA) is 38.0 Å². The first-order valence-electron chi connectivity index (χ1n) is 6.81. The molecule has 0 aliphatic heterocycles. The van der Waals surface area contributed by atoms with Gasteiger partial charge >= 0.3 is 0 Å². The third kappa shape index (κ3) is 3.08. The maximum atomic E-state index is 5.64. The Kier molecular flexibility index (Phi) is 4.57. The van der Waals surface area contributed by atoms with E-state index in [1.54, 1.807) is 0 Å². The number of hydrogen-bond acceptors (Lipinski definition) is 2.